The summed E-state index contributed by atoms with van der Waals surface area (Å²) in [6.07, 6.45) is 7.36. The second-order valence-corrected chi connectivity index (χ2v) is 10.6. The fourth-order valence-electron chi connectivity index (χ4n) is 5.10. The summed E-state index contributed by atoms with van der Waals surface area (Å²) < 4.78 is 1.83. The topological polar surface area (TPSA) is 122 Å². The van der Waals surface area contributed by atoms with Crippen molar-refractivity contribution in [3.8, 4) is 17.1 Å². The van der Waals surface area contributed by atoms with Crippen LogP contribution in [0.3, 0.4) is 0 Å². The minimum atomic E-state index is -0.353. The van der Waals surface area contributed by atoms with E-state index in [-0.39, 0.29) is 6.03 Å². The largest absolute Gasteiger partial charge is 0.324 e. The van der Waals surface area contributed by atoms with E-state index in [1.54, 1.807) is 12.4 Å². The number of carbonyl (C=O) groups is 1. The Labute approximate surface area is 251 Å². The van der Waals surface area contributed by atoms with Crippen molar-refractivity contribution in [3.05, 3.63) is 102 Å². The van der Waals surface area contributed by atoms with Crippen LogP contribution < -0.4 is 21.3 Å². The lowest BCUT2D eigenvalue weighted by Gasteiger charge is -2.18. The van der Waals surface area contributed by atoms with E-state index in [4.69, 9.17) is 5.10 Å². The van der Waals surface area contributed by atoms with Gasteiger partial charge in [0.05, 0.1) is 22.8 Å². The second-order valence-electron chi connectivity index (χ2n) is 10.6. The third-order valence-electron chi connectivity index (χ3n) is 7.43. The van der Waals surface area contributed by atoms with Crippen LogP contribution in [0, 0.1) is 6.92 Å². The maximum absolute atomic E-state index is 13.3. The van der Waals surface area contributed by atoms with Crippen LogP contribution in [0.15, 0.2) is 79.1 Å². The van der Waals surface area contributed by atoms with E-state index in [9.17, 15) is 4.79 Å². The number of hydrogen-bond acceptors (Lipinski definition) is 7. The number of urea groups is 1. The molecular formula is C33H35N9O. The van der Waals surface area contributed by atoms with Crippen LogP contribution in [-0.4, -0.2) is 37.3 Å². The third-order valence-corrected chi connectivity index (χ3v) is 7.43. The van der Waals surface area contributed by atoms with E-state index in [0.29, 0.717) is 17.5 Å². The summed E-state index contributed by atoms with van der Waals surface area (Å²) in [4.78, 5) is 26.6. The van der Waals surface area contributed by atoms with Gasteiger partial charge in [-0.25, -0.2) is 19.4 Å². The first-order valence-corrected chi connectivity index (χ1v) is 14.7. The molecule has 5 aromatic rings. The molecule has 218 valence electrons. The van der Waals surface area contributed by atoms with Crippen molar-refractivity contribution in [2.24, 2.45) is 0 Å². The van der Waals surface area contributed by atoms with E-state index < -0.39 is 0 Å². The number of nitrogens with one attached hydrogen (secondary N) is 4. The van der Waals surface area contributed by atoms with E-state index >= 15 is 0 Å². The highest BCUT2D eigenvalue weighted by Gasteiger charge is 2.16. The van der Waals surface area contributed by atoms with Crippen molar-refractivity contribution in [1.29, 1.82) is 0 Å². The number of hydrogen-bond donors (Lipinski definition) is 4. The van der Waals surface area contributed by atoms with Crippen molar-refractivity contribution < 1.29 is 4.79 Å². The Hall–Kier alpha value is -5.09. The monoisotopic (exact) mass is 573 g/mol. The number of fused-ring (bicyclic) bond motifs is 1. The average molecular weight is 574 g/mol. The van der Waals surface area contributed by atoms with E-state index in [0.717, 1.165) is 72.8 Å². The van der Waals surface area contributed by atoms with Crippen LogP contribution in [0.5, 0.6) is 0 Å². The van der Waals surface area contributed by atoms with Gasteiger partial charge >= 0.3 is 6.03 Å². The number of aromatic nitrogens is 5. The van der Waals surface area contributed by atoms with Crippen molar-refractivity contribution in [1.82, 2.24) is 30.0 Å². The Kier molecular flexibility index (Phi) is 8.37. The van der Waals surface area contributed by atoms with Crippen LogP contribution in [0.25, 0.3) is 17.1 Å². The van der Waals surface area contributed by atoms with Gasteiger partial charge in [-0.2, -0.15) is 5.10 Å². The normalized spacial score (nSPS) is 12.4. The zero-order chi connectivity index (χ0) is 29.6. The van der Waals surface area contributed by atoms with Crippen LogP contribution in [0.2, 0.25) is 0 Å². The summed E-state index contributed by atoms with van der Waals surface area (Å²) in [6, 6.07) is 21.2. The molecule has 1 aliphatic rings. The number of pyridine rings is 1. The van der Waals surface area contributed by atoms with Crippen LogP contribution >= 0.6 is 0 Å². The molecular weight excluding hydrogens is 538 g/mol. The molecule has 4 heterocycles. The van der Waals surface area contributed by atoms with E-state index in [2.05, 4.69) is 61.3 Å². The molecule has 10 nitrogen and oxygen atoms in total. The summed E-state index contributed by atoms with van der Waals surface area (Å²) in [6.45, 7) is 5.98. The average Bonchev–Trinajstić information content (AvgIpc) is 3.44. The van der Waals surface area contributed by atoms with Gasteiger partial charge in [0.2, 0.25) is 5.95 Å². The molecule has 0 radical (unpaired) electrons. The van der Waals surface area contributed by atoms with Gasteiger partial charge in [-0.3, -0.25) is 10.3 Å². The molecule has 43 heavy (non-hydrogen) atoms. The Balaban J connectivity index is 1.19. The molecule has 3 aromatic heterocycles. The van der Waals surface area contributed by atoms with Crippen LogP contribution in [0.1, 0.15) is 42.1 Å². The summed E-state index contributed by atoms with van der Waals surface area (Å²) in [5.74, 6) is 1.07. The zero-order valence-electron chi connectivity index (χ0n) is 24.4. The second kappa shape index (κ2) is 12.8. The molecule has 0 saturated heterocycles. The standard InChI is InChI=1S/C33H35N9O/c1-3-4-7-26-20-31(42(41-26)27-12-10-24-21-34-16-13-23(24)18-27)40-33(43)37-25-11-9-22(2)30(19-25)39-32-36-17-14-29(38-32)28-8-5-6-15-35-28/h5-6,8-12,14-15,17-20,34H,3-4,7,13,16,21H2,1-2H3,(H,36,38,39)(H2,37,40,43). The number of aryl methyl sites for hydroxylation is 2. The van der Waals surface area contributed by atoms with Crippen molar-refractivity contribution in [2.45, 2.75) is 46.1 Å². The SMILES string of the molecule is CCCCc1cc(NC(=O)Nc2ccc(C)c(Nc3nccc(-c4ccccn4)n3)c2)n(-c2ccc3c(c2)CCNC3)n1. The molecule has 0 spiro atoms. The Morgan fingerprint density at radius 1 is 0.953 bits per heavy atom. The molecule has 1 aliphatic heterocycles. The predicted molar refractivity (Wildman–Crippen MR) is 170 cm³/mol. The quantitative estimate of drug-likeness (QED) is 0.161. The number of amides is 2. The molecule has 6 rings (SSSR count). The number of benzene rings is 2. The smallest absolute Gasteiger partial charge is 0.324 e. The molecule has 2 amide bonds. The number of unbranched alkanes of at least 4 members (excludes halogenated alkanes) is 1. The predicted octanol–water partition coefficient (Wildman–Crippen LogP) is 6.41. The molecule has 0 unspecified atom stereocenters. The molecule has 0 atom stereocenters. The van der Waals surface area contributed by atoms with Gasteiger partial charge < -0.3 is 16.0 Å². The third kappa shape index (κ3) is 6.70. The highest BCUT2D eigenvalue weighted by Crippen LogP contribution is 2.26. The Morgan fingerprint density at radius 3 is 2.74 bits per heavy atom. The molecule has 0 bridgehead atoms. The molecule has 0 fully saturated rings. The van der Waals surface area contributed by atoms with E-state index in [1.807, 2.05) is 60.1 Å². The van der Waals surface area contributed by atoms with Gasteiger partial charge in [0, 0.05) is 36.4 Å². The van der Waals surface area contributed by atoms with Crippen molar-refractivity contribution in [2.75, 3.05) is 22.5 Å². The number of anilines is 4. The lowest BCUT2D eigenvalue weighted by atomic mass is 10.0. The highest BCUT2D eigenvalue weighted by molar-refractivity contribution is 5.99. The number of rotatable bonds is 9. The van der Waals surface area contributed by atoms with Crippen molar-refractivity contribution >= 4 is 29.2 Å². The maximum atomic E-state index is 13.3. The summed E-state index contributed by atoms with van der Waals surface area (Å²) >= 11 is 0. The molecule has 2 aromatic carbocycles. The number of carbonyl (C=O) groups excluding carboxylic acids is 1. The van der Waals surface area contributed by atoms with Gasteiger partial charge in [0.15, 0.2) is 0 Å². The minimum absolute atomic E-state index is 0.353. The molecule has 0 aliphatic carbocycles. The fourth-order valence-corrected chi connectivity index (χ4v) is 5.10. The van der Waals surface area contributed by atoms with Gasteiger partial charge in [0.1, 0.15) is 5.82 Å². The van der Waals surface area contributed by atoms with Gasteiger partial charge in [-0.15, -0.1) is 0 Å². The van der Waals surface area contributed by atoms with Gasteiger partial charge in [0.25, 0.3) is 0 Å². The first kappa shape index (κ1) is 28.0. The Morgan fingerprint density at radius 2 is 1.88 bits per heavy atom. The van der Waals surface area contributed by atoms with E-state index in [1.165, 1.54) is 11.1 Å². The molecule has 10 heteroatoms. The lowest BCUT2D eigenvalue weighted by molar-refractivity contribution is 0.262. The first-order chi connectivity index (χ1) is 21.1. The van der Waals surface area contributed by atoms with Gasteiger partial charge in [-0.05, 0) is 91.9 Å². The fraction of sp³-hybridized carbons (Fsp3) is 0.242. The highest BCUT2D eigenvalue weighted by atomic mass is 16.2. The molecule has 0 saturated carbocycles. The minimum Gasteiger partial charge on any atom is -0.324 e. The maximum Gasteiger partial charge on any atom is 0.324 e. The van der Waals surface area contributed by atoms with Gasteiger partial charge in [-0.1, -0.05) is 31.5 Å². The van der Waals surface area contributed by atoms with Crippen molar-refractivity contribution in [3.63, 3.8) is 0 Å². The van der Waals surface area contributed by atoms with Crippen LogP contribution in [-0.2, 0) is 19.4 Å². The summed E-state index contributed by atoms with van der Waals surface area (Å²) in [7, 11) is 0. The lowest BCUT2D eigenvalue weighted by Crippen LogP contribution is -2.24. The molecule has 4 N–H and O–H groups in total. The summed E-state index contributed by atoms with van der Waals surface area (Å²) in [5.41, 5.74) is 8.39. The number of nitrogens with zero attached hydrogens (tertiary/aromatic N) is 5. The van der Waals surface area contributed by atoms with Crippen LogP contribution in [0.4, 0.5) is 27.9 Å². The first-order valence-electron chi connectivity index (χ1n) is 14.7. The summed E-state index contributed by atoms with van der Waals surface area (Å²) in [5, 5.41) is 17.6. The zero-order valence-corrected chi connectivity index (χ0v) is 24.4. The Bertz CT molecular complexity index is 1730.